The first kappa shape index (κ1) is 13.7. The first-order valence-corrected chi connectivity index (χ1v) is 7.47. The molecule has 2 saturated carbocycles. The maximum Gasteiger partial charge on any atom is 0.317 e. The Hall–Kier alpha value is -0.770. The lowest BCUT2D eigenvalue weighted by Gasteiger charge is -2.36. The zero-order valence-electron chi connectivity index (χ0n) is 11.7. The molecule has 0 unspecified atom stereocenters. The molecule has 2 fully saturated rings. The summed E-state index contributed by atoms with van der Waals surface area (Å²) in [6, 6.07) is 1.67. The van der Waals surface area contributed by atoms with Crippen molar-refractivity contribution in [3.63, 3.8) is 0 Å². The molecule has 4 nitrogen and oxygen atoms in total. The van der Waals surface area contributed by atoms with Crippen molar-refractivity contribution in [1.29, 1.82) is 0 Å². The molecule has 0 radical (unpaired) electrons. The number of hydrogen-bond acceptors (Lipinski definition) is 2. The third-order valence-electron chi connectivity index (χ3n) is 4.49. The maximum atomic E-state index is 12.1. The quantitative estimate of drug-likeness (QED) is 0.806. The Labute approximate surface area is 110 Å². The summed E-state index contributed by atoms with van der Waals surface area (Å²) >= 11 is 0. The lowest BCUT2D eigenvalue weighted by molar-refractivity contribution is 0.158. The minimum atomic E-state index is 0.131. The molecule has 104 valence electrons. The topological polar surface area (TPSA) is 44.4 Å². The van der Waals surface area contributed by atoms with Gasteiger partial charge in [0.2, 0.25) is 0 Å². The SMILES string of the molecule is CCNC1CCC(N(C)C(=O)NC2CCC2)CC1. The summed E-state index contributed by atoms with van der Waals surface area (Å²) in [5.41, 5.74) is 0. The average Bonchev–Trinajstić information content (AvgIpc) is 2.34. The molecule has 2 aliphatic carbocycles. The van der Waals surface area contributed by atoms with Gasteiger partial charge in [0.25, 0.3) is 0 Å². The highest BCUT2D eigenvalue weighted by Crippen LogP contribution is 2.23. The molecule has 0 aromatic heterocycles. The largest absolute Gasteiger partial charge is 0.335 e. The van der Waals surface area contributed by atoms with E-state index in [4.69, 9.17) is 0 Å². The van der Waals surface area contributed by atoms with E-state index in [2.05, 4.69) is 17.6 Å². The van der Waals surface area contributed by atoms with E-state index in [9.17, 15) is 4.79 Å². The molecule has 2 rings (SSSR count). The lowest BCUT2D eigenvalue weighted by Crippen LogP contribution is -2.50. The standard InChI is InChI=1S/C14H27N3O/c1-3-15-11-7-9-13(10-8-11)17(2)14(18)16-12-5-4-6-12/h11-13,15H,3-10H2,1-2H3,(H,16,18). The number of nitrogens with one attached hydrogen (secondary N) is 2. The molecule has 0 aromatic rings. The molecule has 0 atom stereocenters. The van der Waals surface area contributed by atoms with Gasteiger partial charge in [-0.25, -0.2) is 4.79 Å². The summed E-state index contributed by atoms with van der Waals surface area (Å²) in [4.78, 5) is 14.0. The number of hydrogen-bond donors (Lipinski definition) is 2. The van der Waals surface area contributed by atoms with E-state index in [1.807, 2.05) is 11.9 Å². The van der Waals surface area contributed by atoms with Crippen molar-refractivity contribution in [2.45, 2.75) is 70.0 Å². The van der Waals surface area contributed by atoms with Crippen LogP contribution >= 0.6 is 0 Å². The molecule has 0 heterocycles. The van der Waals surface area contributed by atoms with Crippen molar-refractivity contribution < 1.29 is 4.79 Å². The number of nitrogens with zero attached hydrogens (tertiary/aromatic N) is 1. The van der Waals surface area contributed by atoms with Crippen LogP contribution in [-0.4, -0.2) is 42.6 Å². The third-order valence-corrected chi connectivity index (χ3v) is 4.49. The predicted molar refractivity (Wildman–Crippen MR) is 73.7 cm³/mol. The molecule has 4 heteroatoms. The molecule has 0 saturated heterocycles. The zero-order chi connectivity index (χ0) is 13.0. The van der Waals surface area contributed by atoms with Crippen LogP contribution in [0.25, 0.3) is 0 Å². The highest BCUT2D eigenvalue weighted by molar-refractivity contribution is 5.74. The van der Waals surface area contributed by atoms with Crippen molar-refractivity contribution >= 4 is 6.03 Å². The molecule has 0 aliphatic heterocycles. The van der Waals surface area contributed by atoms with Crippen LogP contribution in [0, 0.1) is 0 Å². The molecule has 18 heavy (non-hydrogen) atoms. The molecule has 0 aromatic carbocycles. The van der Waals surface area contributed by atoms with Crippen LogP contribution in [0.1, 0.15) is 51.9 Å². The highest BCUT2D eigenvalue weighted by Gasteiger charge is 2.28. The Bertz CT molecular complexity index is 270. The number of amides is 2. The molecule has 0 bridgehead atoms. The summed E-state index contributed by atoms with van der Waals surface area (Å²) in [5, 5.41) is 6.63. The van der Waals surface area contributed by atoms with Gasteiger partial charge in [0.1, 0.15) is 0 Å². The van der Waals surface area contributed by atoms with E-state index >= 15 is 0 Å². The summed E-state index contributed by atoms with van der Waals surface area (Å²) in [7, 11) is 1.95. The summed E-state index contributed by atoms with van der Waals surface area (Å²) in [5.74, 6) is 0. The van der Waals surface area contributed by atoms with E-state index in [0.717, 1.165) is 32.2 Å². The predicted octanol–water partition coefficient (Wildman–Crippen LogP) is 2.10. The number of carbonyl (C=O) groups is 1. The van der Waals surface area contributed by atoms with Gasteiger partial charge >= 0.3 is 6.03 Å². The second-order valence-electron chi connectivity index (χ2n) is 5.75. The Morgan fingerprint density at radius 1 is 1.11 bits per heavy atom. The molecular weight excluding hydrogens is 226 g/mol. The maximum absolute atomic E-state index is 12.1. The number of carbonyl (C=O) groups excluding carboxylic acids is 1. The summed E-state index contributed by atoms with van der Waals surface area (Å²) in [6.45, 7) is 3.21. The Morgan fingerprint density at radius 2 is 1.78 bits per heavy atom. The average molecular weight is 253 g/mol. The molecular formula is C14H27N3O. The lowest BCUT2D eigenvalue weighted by atomic mass is 9.90. The van der Waals surface area contributed by atoms with Gasteiger partial charge in [-0.2, -0.15) is 0 Å². The normalized spacial score (nSPS) is 28.6. The van der Waals surface area contributed by atoms with Gasteiger partial charge in [0, 0.05) is 25.2 Å². The van der Waals surface area contributed by atoms with Crippen LogP contribution in [0.2, 0.25) is 0 Å². The van der Waals surface area contributed by atoms with Crippen LogP contribution in [0.5, 0.6) is 0 Å². The molecule has 2 aliphatic rings. The summed E-state index contributed by atoms with van der Waals surface area (Å²) < 4.78 is 0. The van der Waals surface area contributed by atoms with Gasteiger partial charge in [-0.1, -0.05) is 6.92 Å². The van der Waals surface area contributed by atoms with E-state index in [0.29, 0.717) is 18.1 Å². The van der Waals surface area contributed by atoms with Crippen LogP contribution in [0.4, 0.5) is 4.79 Å². The fraction of sp³-hybridized carbons (Fsp3) is 0.929. The number of rotatable bonds is 4. The van der Waals surface area contributed by atoms with E-state index in [1.165, 1.54) is 19.3 Å². The van der Waals surface area contributed by atoms with Crippen LogP contribution in [0.3, 0.4) is 0 Å². The fourth-order valence-corrected chi connectivity index (χ4v) is 2.95. The molecule has 2 N–H and O–H groups in total. The van der Waals surface area contributed by atoms with Crippen molar-refractivity contribution in [2.24, 2.45) is 0 Å². The van der Waals surface area contributed by atoms with Crippen molar-refractivity contribution in [2.75, 3.05) is 13.6 Å². The smallest absolute Gasteiger partial charge is 0.317 e. The van der Waals surface area contributed by atoms with Gasteiger partial charge in [-0.15, -0.1) is 0 Å². The van der Waals surface area contributed by atoms with Gasteiger partial charge in [0.05, 0.1) is 0 Å². The van der Waals surface area contributed by atoms with E-state index in [1.54, 1.807) is 0 Å². The van der Waals surface area contributed by atoms with E-state index in [-0.39, 0.29) is 6.03 Å². The Kier molecular flexibility index (Phi) is 4.87. The molecule has 0 spiro atoms. The van der Waals surface area contributed by atoms with Gasteiger partial charge in [0.15, 0.2) is 0 Å². The monoisotopic (exact) mass is 253 g/mol. The van der Waals surface area contributed by atoms with Crippen LogP contribution in [0.15, 0.2) is 0 Å². The Balaban J connectivity index is 1.72. The minimum Gasteiger partial charge on any atom is -0.335 e. The van der Waals surface area contributed by atoms with Gasteiger partial charge in [-0.3, -0.25) is 0 Å². The van der Waals surface area contributed by atoms with Crippen molar-refractivity contribution in [3.8, 4) is 0 Å². The minimum absolute atomic E-state index is 0.131. The fourth-order valence-electron chi connectivity index (χ4n) is 2.95. The summed E-state index contributed by atoms with van der Waals surface area (Å²) in [6.07, 6.45) is 8.24. The Morgan fingerprint density at radius 3 is 2.28 bits per heavy atom. The second-order valence-corrected chi connectivity index (χ2v) is 5.75. The van der Waals surface area contributed by atoms with Gasteiger partial charge < -0.3 is 15.5 Å². The highest BCUT2D eigenvalue weighted by atomic mass is 16.2. The van der Waals surface area contributed by atoms with Crippen molar-refractivity contribution in [3.05, 3.63) is 0 Å². The van der Waals surface area contributed by atoms with Gasteiger partial charge in [-0.05, 0) is 51.5 Å². The third kappa shape index (κ3) is 3.37. The first-order valence-electron chi connectivity index (χ1n) is 7.47. The second kappa shape index (κ2) is 6.41. The van der Waals surface area contributed by atoms with Crippen LogP contribution < -0.4 is 10.6 Å². The zero-order valence-corrected chi connectivity index (χ0v) is 11.7. The van der Waals surface area contributed by atoms with E-state index < -0.39 is 0 Å². The van der Waals surface area contributed by atoms with Crippen molar-refractivity contribution in [1.82, 2.24) is 15.5 Å². The molecule has 2 amide bonds. The first-order chi connectivity index (χ1) is 8.70. The number of urea groups is 1. The van der Waals surface area contributed by atoms with Crippen LogP contribution in [-0.2, 0) is 0 Å².